The quantitative estimate of drug-likeness (QED) is 0.927. The van der Waals surface area contributed by atoms with Crippen molar-refractivity contribution in [2.75, 3.05) is 19.8 Å². The molecule has 1 aliphatic carbocycles. The van der Waals surface area contributed by atoms with Gasteiger partial charge in [0.05, 0.1) is 18.6 Å². The lowest BCUT2D eigenvalue weighted by Gasteiger charge is -2.43. The summed E-state index contributed by atoms with van der Waals surface area (Å²) in [6, 6.07) is 7.71. The highest BCUT2D eigenvalue weighted by molar-refractivity contribution is 6.30. The summed E-state index contributed by atoms with van der Waals surface area (Å²) >= 11 is 6.07. The van der Waals surface area contributed by atoms with Gasteiger partial charge >= 0.3 is 0 Å². The number of carbonyl (C=O) groups excluding carboxylic acids is 1. The molecule has 2 fully saturated rings. The minimum Gasteiger partial charge on any atom is -0.380 e. The van der Waals surface area contributed by atoms with Crippen LogP contribution in [0.2, 0.25) is 5.02 Å². The molecule has 2 aliphatic rings. The summed E-state index contributed by atoms with van der Waals surface area (Å²) in [4.78, 5) is 12.7. The molecule has 1 saturated carbocycles. The van der Waals surface area contributed by atoms with Gasteiger partial charge in [-0.15, -0.1) is 0 Å². The van der Waals surface area contributed by atoms with Crippen molar-refractivity contribution in [2.45, 2.75) is 31.6 Å². The highest BCUT2D eigenvalue weighted by Crippen LogP contribution is 2.44. The maximum atomic E-state index is 12.7. The van der Waals surface area contributed by atoms with E-state index in [1.807, 2.05) is 24.3 Å². The van der Waals surface area contributed by atoms with Crippen molar-refractivity contribution in [1.82, 2.24) is 5.32 Å². The first-order valence-electron chi connectivity index (χ1n) is 7.16. The summed E-state index contributed by atoms with van der Waals surface area (Å²) in [7, 11) is 0. The molecule has 1 heterocycles. The van der Waals surface area contributed by atoms with Crippen LogP contribution in [0, 0.1) is 5.41 Å². The zero-order valence-corrected chi connectivity index (χ0v) is 12.5. The minimum atomic E-state index is -0.369. The van der Waals surface area contributed by atoms with E-state index in [1.54, 1.807) is 0 Å². The Kier molecular flexibility index (Phi) is 3.51. The van der Waals surface area contributed by atoms with Gasteiger partial charge in [-0.25, -0.2) is 0 Å². The molecule has 3 rings (SSSR count). The average Bonchev–Trinajstić information content (AvgIpc) is 2.33. The summed E-state index contributed by atoms with van der Waals surface area (Å²) in [5.41, 5.74) is 0.782. The lowest BCUT2D eigenvalue weighted by molar-refractivity contribution is -0.134. The van der Waals surface area contributed by atoms with Gasteiger partial charge in [-0.2, -0.15) is 0 Å². The Balaban J connectivity index is 1.73. The molecule has 4 heteroatoms. The minimum absolute atomic E-state index is 0.106. The van der Waals surface area contributed by atoms with Crippen molar-refractivity contribution in [3.8, 4) is 0 Å². The molecular formula is C16H20ClNO2. The molecule has 3 nitrogen and oxygen atoms in total. The van der Waals surface area contributed by atoms with Gasteiger partial charge in [0.2, 0.25) is 5.91 Å². The molecule has 20 heavy (non-hydrogen) atoms. The number of nitrogens with one attached hydrogen (secondary N) is 1. The molecule has 0 radical (unpaired) electrons. The number of ether oxygens (including phenoxy) is 1. The summed E-state index contributed by atoms with van der Waals surface area (Å²) in [6.45, 7) is 4.30. The van der Waals surface area contributed by atoms with Crippen molar-refractivity contribution < 1.29 is 9.53 Å². The SMILES string of the molecule is CC1(CNC(=O)C2(c3cccc(Cl)c3)CCC2)COC1. The molecule has 0 atom stereocenters. The normalized spacial score (nSPS) is 22.5. The first kappa shape index (κ1) is 13.9. The third-order valence-corrected chi connectivity index (χ3v) is 4.83. The molecule has 0 bridgehead atoms. The second-order valence-electron chi connectivity index (χ2n) is 6.43. The number of halogens is 1. The van der Waals surface area contributed by atoms with Crippen molar-refractivity contribution in [2.24, 2.45) is 5.41 Å². The van der Waals surface area contributed by atoms with Crippen molar-refractivity contribution in [3.63, 3.8) is 0 Å². The summed E-state index contributed by atoms with van der Waals surface area (Å²) < 4.78 is 5.23. The number of amides is 1. The van der Waals surface area contributed by atoms with E-state index in [1.165, 1.54) is 0 Å². The van der Waals surface area contributed by atoms with Crippen LogP contribution in [0.4, 0.5) is 0 Å². The highest BCUT2D eigenvalue weighted by Gasteiger charge is 2.46. The highest BCUT2D eigenvalue weighted by atomic mass is 35.5. The molecule has 1 saturated heterocycles. The largest absolute Gasteiger partial charge is 0.380 e. The topological polar surface area (TPSA) is 38.3 Å². The fourth-order valence-corrected chi connectivity index (χ4v) is 3.17. The number of hydrogen-bond acceptors (Lipinski definition) is 2. The molecule has 1 aromatic rings. The predicted molar refractivity (Wildman–Crippen MR) is 78.9 cm³/mol. The lowest BCUT2D eigenvalue weighted by atomic mass is 9.63. The van der Waals surface area contributed by atoms with Gasteiger partial charge in [0.1, 0.15) is 0 Å². The van der Waals surface area contributed by atoms with E-state index in [0.29, 0.717) is 11.6 Å². The molecule has 1 N–H and O–H groups in total. The fourth-order valence-electron chi connectivity index (χ4n) is 2.98. The predicted octanol–water partition coefficient (Wildman–Crippen LogP) is 2.91. The van der Waals surface area contributed by atoms with Gasteiger partial charge < -0.3 is 10.1 Å². The fraction of sp³-hybridized carbons (Fsp3) is 0.562. The Morgan fingerprint density at radius 3 is 2.65 bits per heavy atom. The number of carbonyl (C=O) groups is 1. The molecule has 1 amide bonds. The van der Waals surface area contributed by atoms with Crippen LogP contribution < -0.4 is 5.32 Å². The van der Waals surface area contributed by atoms with Gasteiger partial charge in [-0.3, -0.25) is 4.79 Å². The van der Waals surface area contributed by atoms with E-state index >= 15 is 0 Å². The van der Waals surface area contributed by atoms with Crippen LogP contribution in [-0.2, 0) is 14.9 Å². The Morgan fingerprint density at radius 2 is 2.15 bits per heavy atom. The van der Waals surface area contributed by atoms with Crippen molar-refractivity contribution in [1.29, 1.82) is 0 Å². The number of rotatable bonds is 4. The van der Waals surface area contributed by atoms with Crippen LogP contribution >= 0.6 is 11.6 Å². The molecule has 1 aliphatic heterocycles. The molecule has 0 unspecified atom stereocenters. The van der Waals surface area contributed by atoms with Crippen LogP contribution in [0.25, 0.3) is 0 Å². The van der Waals surface area contributed by atoms with Crippen LogP contribution in [0.3, 0.4) is 0 Å². The first-order chi connectivity index (χ1) is 9.54. The van der Waals surface area contributed by atoms with E-state index in [9.17, 15) is 4.79 Å². The Morgan fingerprint density at radius 1 is 1.40 bits per heavy atom. The van der Waals surface area contributed by atoms with Gasteiger partial charge in [0.15, 0.2) is 0 Å². The van der Waals surface area contributed by atoms with E-state index in [-0.39, 0.29) is 16.7 Å². The smallest absolute Gasteiger partial charge is 0.230 e. The monoisotopic (exact) mass is 293 g/mol. The van der Waals surface area contributed by atoms with E-state index in [2.05, 4.69) is 12.2 Å². The standard InChI is InChI=1S/C16H20ClNO2/c1-15(10-20-11-15)9-18-14(19)16(6-3-7-16)12-4-2-5-13(17)8-12/h2,4-5,8H,3,6-7,9-11H2,1H3,(H,18,19). The number of hydrogen-bond donors (Lipinski definition) is 1. The maximum Gasteiger partial charge on any atom is 0.230 e. The Bertz CT molecular complexity index is 521. The van der Waals surface area contributed by atoms with Gasteiger partial charge in [-0.1, -0.05) is 37.1 Å². The number of benzene rings is 1. The third-order valence-electron chi connectivity index (χ3n) is 4.60. The van der Waals surface area contributed by atoms with Crippen LogP contribution in [0.15, 0.2) is 24.3 Å². The van der Waals surface area contributed by atoms with Crippen molar-refractivity contribution >= 4 is 17.5 Å². The molecule has 0 spiro atoms. The van der Waals surface area contributed by atoms with Crippen LogP contribution in [0.1, 0.15) is 31.7 Å². The first-order valence-corrected chi connectivity index (χ1v) is 7.54. The van der Waals surface area contributed by atoms with Gasteiger partial charge in [0.25, 0.3) is 0 Å². The van der Waals surface area contributed by atoms with E-state index in [4.69, 9.17) is 16.3 Å². The Labute approximate surface area is 124 Å². The molecule has 108 valence electrons. The molecule has 1 aromatic carbocycles. The molecule has 0 aromatic heterocycles. The van der Waals surface area contributed by atoms with Crippen molar-refractivity contribution in [3.05, 3.63) is 34.9 Å². The average molecular weight is 294 g/mol. The van der Waals surface area contributed by atoms with E-state index < -0.39 is 0 Å². The maximum absolute atomic E-state index is 12.7. The van der Waals surface area contributed by atoms with E-state index in [0.717, 1.165) is 38.0 Å². The Hall–Kier alpha value is -1.06. The summed E-state index contributed by atoms with van der Waals surface area (Å²) in [6.07, 6.45) is 2.92. The molecular weight excluding hydrogens is 274 g/mol. The van der Waals surface area contributed by atoms with Gasteiger partial charge in [0, 0.05) is 17.0 Å². The van der Waals surface area contributed by atoms with Gasteiger partial charge in [-0.05, 0) is 30.5 Å². The second-order valence-corrected chi connectivity index (χ2v) is 6.87. The van der Waals surface area contributed by atoms with Crippen LogP contribution in [-0.4, -0.2) is 25.7 Å². The summed E-state index contributed by atoms with van der Waals surface area (Å²) in [5, 5.41) is 3.82. The summed E-state index contributed by atoms with van der Waals surface area (Å²) in [5.74, 6) is 0.138. The second kappa shape index (κ2) is 5.05. The zero-order chi connectivity index (χ0) is 14.2. The lowest BCUT2D eigenvalue weighted by Crippen LogP contribution is -2.54. The third kappa shape index (κ3) is 2.33. The zero-order valence-electron chi connectivity index (χ0n) is 11.7. The van der Waals surface area contributed by atoms with Crippen LogP contribution in [0.5, 0.6) is 0 Å².